The van der Waals surface area contributed by atoms with Crippen LogP contribution in [-0.2, 0) is 0 Å². The summed E-state index contributed by atoms with van der Waals surface area (Å²) in [5.74, 6) is 0. The molecular weight excluding hydrogens is 241 g/mol. The van der Waals surface area contributed by atoms with Gasteiger partial charge in [0.15, 0.2) is 0 Å². The van der Waals surface area contributed by atoms with Gasteiger partial charge >= 0.3 is 0 Å². The summed E-state index contributed by atoms with van der Waals surface area (Å²) in [6.45, 7) is 5.95. The quantitative estimate of drug-likeness (QED) is 0.760. The molecule has 0 heterocycles. The van der Waals surface area contributed by atoms with Crippen LogP contribution in [0.15, 0.2) is 30.4 Å². The molecule has 0 saturated carbocycles. The van der Waals surface area contributed by atoms with Crippen LogP contribution in [0.3, 0.4) is 0 Å². The van der Waals surface area contributed by atoms with Gasteiger partial charge in [-0.25, -0.2) is 0 Å². The van der Waals surface area contributed by atoms with Gasteiger partial charge in [0.25, 0.3) is 0 Å². The van der Waals surface area contributed by atoms with E-state index in [4.69, 9.17) is 23.2 Å². The van der Waals surface area contributed by atoms with Crippen LogP contribution in [0.2, 0.25) is 10.0 Å². The summed E-state index contributed by atoms with van der Waals surface area (Å²) in [5.41, 5.74) is 2.36. The minimum Gasteiger partial charge on any atom is -0.313 e. The van der Waals surface area contributed by atoms with Crippen LogP contribution in [0, 0.1) is 0 Å². The van der Waals surface area contributed by atoms with Crippen LogP contribution in [-0.4, -0.2) is 7.05 Å². The van der Waals surface area contributed by atoms with E-state index in [2.05, 4.69) is 11.9 Å². The maximum Gasteiger partial charge on any atom is 0.0595 e. The molecule has 1 aromatic rings. The van der Waals surface area contributed by atoms with E-state index in [9.17, 15) is 0 Å². The molecule has 0 aliphatic rings. The van der Waals surface area contributed by atoms with E-state index in [1.54, 1.807) is 0 Å². The van der Waals surface area contributed by atoms with E-state index in [0.717, 1.165) is 18.4 Å². The highest BCUT2D eigenvalue weighted by Gasteiger charge is 2.10. The second kappa shape index (κ2) is 6.29. The van der Waals surface area contributed by atoms with Crippen molar-refractivity contribution in [1.82, 2.24) is 5.32 Å². The van der Waals surface area contributed by atoms with Crippen molar-refractivity contribution >= 4 is 23.2 Å². The molecule has 1 atom stereocenters. The summed E-state index contributed by atoms with van der Waals surface area (Å²) in [6.07, 6.45) is 2.02. The lowest BCUT2D eigenvalue weighted by atomic mass is 10.0. The van der Waals surface area contributed by atoms with E-state index >= 15 is 0 Å². The molecule has 16 heavy (non-hydrogen) atoms. The lowest BCUT2D eigenvalue weighted by Crippen LogP contribution is -2.16. The molecule has 0 aliphatic carbocycles. The zero-order valence-corrected chi connectivity index (χ0v) is 11.2. The first kappa shape index (κ1) is 13.6. The molecule has 0 fully saturated rings. The number of nitrogens with one attached hydrogen (secondary N) is 1. The van der Waals surface area contributed by atoms with Gasteiger partial charge in [-0.15, -0.1) is 6.58 Å². The average Bonchev–Trinajstić information content (AvgIpc) is 2.23. The number of allylic oxidation sites excluding steroid dienone is 1. The molecule has 0 radical (unpaired) electrons. The molecule has 3 heteroatoms. The first-order valence-corrected chi connectivity index (χ1v) is 6.06. The van der Waals surface area contributed by atoms with Crippen molar-refractivity contribution in [1.29, 1.82) is 0 Å². The number of hydrogen-bond acceptors (Lipinski definition) is 1. The molecule has 0 aromatic heterocycles. The molecule has 0 bridgehead atoms. The number of hydrogen-bond donors (Lipinski definition) is 1. The number of rotatable bonds is 5. The minimum absolute atomic E-state index is 0.298. The Hall–Kier alpha value is -0.500. The third-order valence-electron chi connectivity index (χ3n) is 2.55. The van der Waals surface area contributed by atoms with E-state index < -0.39 is 0 Å². The Kier molecular flexibility index (Phi) is 5.33. The van der Waals surface area contributed by atoms with Crippen molar-refractivity contribution in [3.8, 4) is 0 Å². The zero-order valence-electron chi connectivity index (χ0n) is 9.69. The normalized spacial score (nSPS) is 12.5. The Bertz CT molecular complexity index is 374. The summed E-state index contributed by atoms with van der Waals surface area (Å²) in [6, 6.07) is 6.06. The molecular formula is C13H17Cl2N. The van der Waals surface area contributed by atoms with Crippen LogP contribution in [0.25, 0.3) is 0 Å². The van der Waals surface area contributed by atoms with Gasteiger partial charge in [-0.05, 0) is 44.5 Å². The second-order valence-corrected chi connectivity index (χ2v) is 4.82. The van der Waals surface area contributed by atoms with Gasteiger partial charge in [0, 0.05) is 6.04 Å². The SMILES string of the molecule is C=C(C)CCC(NC)c1ccc(Cl)c(Cl)c1. The third-order valence-corrected chi connectivity index (χ3v) is 3.29. The smallest absolute Gasteiger partial charge is 0.0595 e. The first-order chi connectivity index (χ1) is 7.54. The maximum absolute atomic E-state index is 6.00. The van der Waals surface area contributed by atoms with Crippen molar-refractivity contribution in [3.63, 3.8) is 0 Å². The van der Waals surface area contributed by atoms with Crippen LogP contribution >= 0.6 is 23.2 Å². The van der Waals surface area contributed by atoms with E-state index in [0.29, 0.717) is 16.1 Å². The van der Waals surface area contributed by atoms with Crippen molar-refractivity contribution in [2.45, 2.75) is 25.8 Å². The van der Waals surface area contributed by atoms with Crippen molar-refractivity contribution in [2.24, 2.45) is 0 Å². The highest BCUT2D eigenvalue weighted by Crippen LogP contribution is 2.27. The fourth-order valence-corrected chi connectivity index (χ4v) is 1.90. The molecule has 1 nitrogen and oxygen atoms in total. The van der Waals surface area contributed by atoms with Crippen LogP contribution in [0.5, 0.6) is 0 Å². The molecule has 1 rings (SSSR count). The Labute approximate surface area is 107 Å². The van der Waals surface area contributed by atoms with Gasteiger partial charge in [0.2, 0.25) is 0 Å². The highest BCUT2D eigenvalue weighted by atomic mass is 35.5. The van der Waals surface area contributed by atoms with Crippen LogP contribution < -0.4 is 5.32 Å². The summed E-state index contributed by atoms with van der Waals surface area (Å²) in [5, 5.41) is 4.48. The molecule has 0 saturated heterocycles. The number of benzene rings is 1. The van der Waals surface area contributed by atoms with Crippen molar-refractivity contribution < 1.29 is 0 Å². The molecule has 0 spiro atoms. The van der Waals surface area contributed by atoms with Gasteiger partial charge in [-0.2, -0.15) is 0 Å². The monoisotopic (exact) mass is 257 g/mol. The van der Waals surface area contributed by atoms with Gasteiger partial charge in [-0.3, -0.25) is 0 Å². The third kappa shape index (κ3) is 3.82. The summed E-state index contributed by atoms with van der Waals surface area (Å²) >= 11 is 11.9. The van der Waals surface area contributed by atoms with E-state index in [-0.39, 0.29) is 0 Å². The molecule has 0 amide bonds. The minimum atomic E-state index is 0.298. The number of halogens is 2. The maximum atomic E-state index is 6.00. The molecule has 88 valence electrons. The molecule has 1 unspecified atom stereocenters. The van der Waals surface area contributed by atoms with Crippen LogP contribution in [0.1, 0.15) is 31.4 Å². The summed E-state index contributed by atoms with van der Waals surface area (Å²) in [7, 11) is 1.95. The Morgan fingerprint density at radius 3 is 2.56 bits per heavy atom. The van der Waals surface area contributed by atoms with Crippen molar-refractivity contribution in [3.05, 3.63) is 46.0 Å². The Morgan fingerprint density at radius 1 is 1.38 bits per heavy atom. The average molecular weight is 258 g/mol. The van der Waals surface area contributed by atoms with Gasteiger partial charge in [-0.1, -0.05) is 34.8 Å². The first-order valence-electron chi connectivity index (χ1n) is 5.31. The fourth-order valence-electron chi connectivity index (χ4n) is 1.60. The summed E-state index contributed by atoms with van der Waals surface area (Å²) < 4.78 is 0. The van der Waals surface area contributed by atoms with Crippen molar-refractivity contribution in [2.75, 3.05) is 7.05 Å². The predicted octanol–water partition coefficient (Wildman–Crippen LogP) is 4.61. The van der Waals surface area contributed by atoms with Crippen LogP contribution in [0.4, 0.5) is 0 Å². The highest BCUT2D eigenvalue weighted by molar-refractivity contribution is 6.42. The lowest BCUT2D eigenvalue weighted by Gasteiger charge is -2.17. The van der Waals surface area contributed by atoms with E-state index in [1.807, 2.05) is 32.2 Å². The largest absolute Gasteiger partial charge is 0.313 e. The molecule has 0 aliphatic heterocycles. The summed E-state index contributed by atoms with van der Waals surface area (Å²) in [4.78, 5) is 0. The van der Waals surface area contributed by atoms with Gasteiger partial charge in [0.05, 0.1) is 10.0 Å². The standard InChI is InChI=1S/C13H17Cl2N/c1-9(2)4-7-13(16-3)10-5-6-11(14)12(15)8-10/h5-6,8,13,16H,1,4,7H2,2-3H3. The second-order valence-electron chi connectivity index (χ2n) is 4.01. The Morgan fingerprint density at radius 2 is 2.06 bits per heavy atom. The molecule has 1 N–H and O–H groups in total. The topological polar surface area (TPSA) is 12.0 Å². The van der Waals surface area contributed by atoms with Gasteiger partial charge < -0.3 is 5.32 Å². The Balaban J connectivity index is 2.78. The zero-order chi connectivity index (χ0) is 12.1. The van der Waals surface area contributed by atoms with E-state index in [1.165, 1.54) is 5.57 Å². The fraction of sp³-hybridized carbons (Fsp3) is 0.385. The molecule has 1 aromatic carbocycles. The predicted molar refractivity (Wildman–Crippen MR) is 72.3 cm³/mol. The van der Waals surface area contributed by atoms with Gasteiger partial charge in [0.1, 0.15) is 0 Å². The lowest BCUT2D eigenvalue weighted by molar-refractivity contribution is 0.548.